The van der Waals surface area contributed by atoms with Crippen molar-refractivity contribution in [2.24, 2.45) is 0 Å². The number of aryl methyl sites for hydroxylation is 2. The van der Waals surface area contributed by atoms with Crippen LogP contribution in [-0.4, -0.2) is 17.5 Å². The van der Waals surface area contributed by atoms with Gasteiger partial charge in [-0.25, -0.2) is 4.79 Å². The molecule has 1 atom stereocenters. The number of anilines is 1. The quantitative estimate of drug-likeness (QED) is 0.783. The Morgan fingerprint density at radius 2 is 1.79 bits per heavy atom. The van der Waals surface area contributed by atoms with Gasteiger partial charge in [-0.2, -0.15) is 0 Å². The van der Waals surface area contributed by atoms with E-state index in [0.717, 1.165) is 30.6 Å². The number of amides is 2. The molecule has 0 radical (unpaired) electrons. The summed E-state index contributed by atoms with van der Waals surface area (Å²) in [6.45, 7) is 4.95. The second-order valence-electron chi connectivity index (χ2n) is 6.77. The minimum absolute atomic E-state index is 0.00748. The summed E-state index contributed by atoms with van der Waals surface area (Å²) in [5, 5.41) is 3.08. The highest BCUT2D eigenvalue weighted by Crippen LogP contribution is 2.31. The van der Waals surface area contributed by atoms with E-state index in [1.165, 1.54) is 24.0 Å². The average Bonchev–Trinajstić information content (AvgIpc) is 2.81. The van der Waals surface area contributed by atoms with E-state index < -0.39 is 0 Å². The molecule has 0 aliphatic carbocycles. The second kappa shape index (κ2) is 7.52. The first-order valence-electron chi connectivity index (χ1n) is 8.84. The molecule has 0 bridgehead atoms. The molecule has 3 nitrogen and oxygen atoms in total. The molecule has 0 aromatic heterocycles. The van der Waals surface area contributed by atoms with Crippen LogP contribution in [0.15, 0.2) is 48.5 Å². The van der Waals surface area contributed by atoms with Crippen LogP contribution < -0.4 is 5.32 Å². The van der Waals surface area contributed by atoms with Crippen LogP contribution in [0.2, 0.25) is 0 Å². The highest BCUT2D eigenvalue weighted by Gasteiger charge is 2.26. The highest BCUT2D eigenvalue weighted by atomic mass is 16.2. The number of likely N-dealkylation sites (tertiary alicyclic amines) is 1. The van der Waals surface area contributed by atoms with Gasteiger partial charge < -0.3 is 10.2 Å². The Morgan fingerprint density at radius 1 is 1.00 bits per heavy atom. The van der Waals surface area contributed by atoms with Crippen molar-refractivity contribution in [1.29, 1.82) is 0 Å². The predicted molar refractivity (Wildman–Crippen MR) is 99.3 cm³/mol. The number of hydrogen-bond donors (Lipinski definition) is 1. The maximum atomic E-state index is 12.9. The lowest BCUT2D eigenvalue weighted by Crippen LogP contribution is -2.38. The molecule has 126 valence electrons. The number of carbonyl (C=O) groups excluding carboxylic acids is 1. The molecule has 3 rings (SSSR count). The fourth-order valence-corrected chi connectivity index (χ4v) is 3.40. The fourth-order valence-electron chi connectivity index (χ4n) is 3.40. The summed E-state index contributed by atoms with van der Waals surface area (Å²) < 4.78 is 0. The molecule has 1 saturated heterocycles. The number of nitrogens with one attached hydrogen (secondary N) is 1. The number of nitrogens with zero attached hydrogens (tertiary/aromatic N) is 1. The summed E-state index contributed by atoms with van der Waals surface area (Å²) in [6.07, 6.45) is 4.47. The van der Waals surface area contributed by atoms with Crippen LogP contribution >= 0.6 is 0 Å². The lowest BCUT2D eigenvalue weighted by molar-refractivity contribution is 0.189. The van der Waals surface area contributed by atoms with Gasteiger partial charge in [0.2, 0.25) is 0 Å². The summed E-state index contributed by atoms with van der Waals surface area (Å²) in [6, 6.07) is 16.7. The van der Waals surface area contributed by atoms with Crippen LogP contribution in [0.5, 0.6) is 0 Å². The summed E-state index contributed by atoms with van der Waals surface area (Å²) in [5.74, 6) is 0. The van der Waals surface area contributed by atoms with Gasteiger partial charge in [-0.15, -0.1) is 0 Å². The lowest BCUT2D eigenvalue weighted by atomic mass is 10.00. The Labute approximate surface area is 144 Å². The predicted octanol–water partition coefficient (Wildman–Crippen LogP) is 5.45. The van der Waals surface area contributed by atoms with E-state index >= 15 is 0 Å². The van der Waals surface area contributed by atoms with Gasteiger partial charge in [0.15, 0.2) is 0 Å². The molecule has 1 aliphatic rings. The third-order valence-corrected chi connectivity index (χ3v) is 4.75. The monoisotopic (exact) mass is 322 g/mol. The van der Waals surface area contributed by atoms with E-state index in [2.05, 4.69) is 36.5 Å². The van der Waals surface area contributed by atoms with Gasteiger partial charge in [-0.05, 0) is 49.9 Å². The van der Waals surface area contributed by atoms with Crippen molar-refractivity contribution in [3.8, 4) is 0 Å². The molecule has 2 aromatic rings. The van der Waals surface area contributed by atoms with Crippen LogP contribution in [-0.2, 0) is 0 Å². The number of benzene rings is 2. The van der Waals surface area contributed by atoms with Gasteiger partial charge in [0.25, 0.3) is 0 Å². The molecule has 1 aliphatic heterocycles. The van der Waals surface area contributed by atoms with Gasteiger partial charge in [0.05, 0.1) is 6.04 Å². The zero-order valence-corrected chi connectivity index (χ0v) is 14.6. The van der Waals surface area contributed by atoms with E-state index in [1.54, 1.807) is 0 Å². The number of hydrogen-bond acceptors (Lipinski definition) is 1. The Hall–Kier alpha value is -2.29. The average molecular weight is 322 g/mol. The second-order valence-corrected chi connectivity index (χ2v) is 6.77. The molecule has 2 amide bonds. The van der Waals surface area contributed by atoms with Crippen molar-refractivity contribution in [1.82, 2.24) is 4.90 Å². The van der Waals surface area contributed by atoms with Crippen molar-refractivity contribution in [2.45, 2.75) is 45.6 Å². The standard InChI is InChI=1S/C21H26N2O/c1-16-10-12-18(13-11-16)20-9-4-3-5-14-23(20)21(24)22-19-8-6-7-17(2)15-19/h6-8,10-13,15,20H,3-5,9,14H2,1-2H3,(H,22,24)/t20-/m1/s1. The van der Waals surface area contributed by atoms with E-state index in [4.69, 9.17) is 0 Å². The molecule has 1 heterocycles. The first-order chi connectivity index (χ1) is 11.6. The van der Waals surface area contributed by atoms with Gasteiger partial charge in [0, 0.05) is 12.2 Å². The van der Waals surface area contributed by atoms with Crippen LogP contribution in [0.4, 0.5) is 10.5 Å². The summed E-state index contributed by atoms with van der Waals surface area (Å²) in [5.41, 5.74) is 4.51. The van der Waals surface area contributed by atoms with Crippen molar-refractivity contribution < 1.29 is 4.79 Å². The SMILES string of the molecule is Cc1ccc([C@H]2CCCCCN2C(=O)Nc2cccc(C)c2)cc1. The van der Waals surface area contributed by atoms with Gasteiger partial charge in [-0.1, -0.05) is 54.8 Å². The van der Waals surface area contributed by atoms with Gasteiger partial charge in [0.1, 0.15) is 0 Å². The van der Waals surface area contributed by atoms with Crippen molar-refractivity contribution in [3.05, 3.63) is 65.2 Å². The molecule has 24 heavy (non-hydrogen) atoms. The molecule has 0 spiro atoms. The van der Waals surface area contributed by atoms with E-state index in [1.807, 2.05) is 36.1 Å². The van der Waals surface area contributed by atoms with Crippen LogP contribution in [0.3, 0.4) is 0 Å². The lowest BCUT2D eigenvalue weighted by Gasteiger charge is -2.30. The molecule has 3 heteroatoms. The first kappa shape index (κ1) is 16.6. The largest absolute Gasteiger partial charge is 0.322 e. The number of carbonyl (C=O) groups is 1. The topological polar surface area (TPSA) is 32.3 Å². The maximum absolute atomic E-state index is 12.9. The molecule has 0 unspecified atom stereocenters. The normalized spacial score (nSPS) is 18.1. The molecular weight excluding hydrogens is 296 g/mol. The van der Waals surface area contributed by atoms with Crippen molar-refractivity contribution >= 4 is 11.7 Å². The van der Waals surface area contributed by atoms with E-state index in [9.17, 15) is 4.79 Å². The zero-order valence-electron chi connectivity index (χ0n) is 14.6. The highest BCUT2D eigenvalue weighted by molar-refractivity contribution is 5.89. The maximum Gasteiger partial charge on any atom is 0.322 e. The fraction of sp³-hybridized carbons (Fsp3) is 0.381. The Morgan fingerprint density at radius 3 is 2.54 bits per heavy atom. The van der Waals surface area contributed by atoms with E-state index in [0.29, 0.717) is 0 Å². The molecule has 1 fully saturated rings. The summed E-state index contributed by atoms with van der Waals surface area (Å²) >= 11 is 0. The van der Waals surface area contributed by atoms with Gasteiger partial charge in [-0.3, -0.25) is 0 Å². The summed E-state index contributed by atoms with van der Waals surface area (Å²) in [7, 11) is 0. The Balaban J connectivity index is 1.81. The van der Waals surface area contributed by atoms with E-state index in [-0.39, 0.29) is 12.1 Å². The third kappa shape index (κ3) is 3.97. The summed E-state index contributed by atoms with van der Waals surface area (Å²) in [4.78, 5) is 14.9. The van der Waals surface area contributed by atoms with Crippen LogP contribution in [0.1, 0.15) is 48.4 Å². The molecule has 1 N–H and O–H groups in total. The number of urea groups is 1. The zero-order chi connectivity index (χ0) is 16.9. The van der Waals surface area contributed by atoms with Crippen molar-refractivity contribution in [2.75, 3.05) is 11.9 Å². The third-order valence-electron chi connectivity index (χ3n) is 4.75. The van der Waals surface area contributed by atoms with Gasteiger partial charge >= 0.3 is 6.03 Å². The Bertz CT molecular complexity index is 693. The number of rotatable bonds is 2. The van der Waals surface area contributed by atoms with Crippen LogP contribution in [0.25, 0.3) is 0 Å². The van der Waals surface area contributed by atoms with Crippen molar-refractivity contribution in [3.63, 3.8) is 0 Å². The van der Waals surface area contributed by atoms with Crippen LogP contribution in [0, 0.1) is 13.8 Å². The Kier molecular flexibility index (Phi) is 5.19. The molecule has 2 aromatic carbocycles. The minimum atomic E-state index is 0.00748. The smallest absolute Gasteiger partial charge is 0.317 e. The first-order valence-corrected chi connectivity index (χ1v) is 8.84. The minimum Gasteiger partial charge on any atom is -0.317 e. The molecule has 0 saturated carbocycles. The molecular formula is C21H26N2O.